The van der Waals surface area contributed by atoms with Crippen LogP contribution in [0.25, 0.3) is 34.4 Å². The Kier molecular flexibility index (Phi) is 8.17. The van der Waals surface area contributed by atoms with Crippen LogP contribution in [0.15, 0.2) is 84.9 Å². The van der Waals surface area contributed by atoms with E-state index >= 15 is 0 Å². The van der Waals surface area contributed by atoms with Crippen molar-refractivity contribution in [1.82, 2.24) is 0 Å². The summed E-state index contributed by atoms with van der Waals surface area (Å²) < 4.78 is 6.81. The van der Waals surface area contributed by atoms with Crippen LogP contribution < -0.4 is 0 Å². The Morgan fingerprint density at radius 2 is 0.826 bits per heavy atom. The second-order valence-electron chi connectivity index (χ2n) is 17.3. The molecule has 6 rings (SSSR count). The maximum absolute atomic E-state index is 4.18. The van der Waals surface area contributed by atoms with Gasteiger partial charge in [-0.1, -0.05) is 0 Å². The molecule has 4 aromatic rings. The second-order valence-corrected chi connectivity index (χ2v) is 62.6. The van der Waals surface area contributed by atoms with Gasteiger partial charge in [0.15, 0.2) is 0 Å². The molecule has 46 heavy (non-hydrogen) atoms. The molecule has 2 aliphatic rings. The van der Waals surface area contributed by atoms with Crippen LogP contribution in [0, 0.1) is 27.7 Å². The van der Waals surface area contributed by atoms with E-state index < -0.39 is 22.6 Å². The van der Waals surface area contributed by atoms with Crippen LogP contribution in [-0.2, 0) is 17.1 Å². The summed E-state index contributed by atoms with van der Waals surface area (Å²) in [6, 6.07) is 27.9. The molecular formula is C44H54HfSi. The molecule has 0 fully saturated rings. The normalized spacial score (nSPS) is 17.8. The average Bonchev–Trinajstić information content (AvgIpc) is 3.58. The Hall–Kier alpha value is -2.55. The van der Waals surface area contributed by atoms with Gasteiger partial charge < -0.3 is 0 Å². The number of hydrogen-bond acceptors (Lipinski definition) is 0. The molecule has 0 N–H and O–H groups in total. The van der Waals surface area contributed by atoms with Crippen molar-refractivity contribution >= 4 is 17.6 Å². The van der Waals surface area contributed by atoms with Gasteiger partial charge in [-0.15, -0.1) is 0 Å². The maximum atomic E-state index is 2.91. The summed E-state index contributed by atoms with van der Waals surface area (Å²) in [4.78, 5) is 0. The van der Waals surface area contributed by atoms with Crippen molar-refractivity contribution in [2.24, 2.45) is 0 Å². The molecule has 4 aromatic carbocycles. The first kappa shape index (κ1) is 33.4. The van der Waals surface area contributed by atoms with Crippen molar-refractivity contribution in [2.45, 2.75) is 96.0 Å². The zero-order valence-electron chi connectivity index (χ0n) is 30.4. The standard InChI is InChI=1S/2C17H15.C8H18Si.2CH3.Hf/c2*1-12-6-3-7-13(2)17(12)16-11-5-9-14-8-4-10-15(14)16;1-7(2,3)9-8(4,5)6;;;/h2*3-11H,1-2H3;1-6H3;2*1H3;. The van der Waals surface area contributed by atoms with Crippen LogP contribution in [0.2, 0.25) is 19.4 Å². The minimum atomic E-state index is -4.18. The zero-order valence-corrected chi connectivity index (χ0v) is 35.0. The van der Waals surface area contributed by atoms with E-state index in [1.807, 2.05) is 0 Å². The number of hydrogen-bond donors (Lipinski definition) is 0. The van der Waals surface area contributed by atoms with Crippen molar-refractivity contribution in [3.05, 3.63) is 129 Å². The summed E-state index contributed by atoms with van der Waals surface area (Å²) in [7, 11) is 0. The second kappa shape index (κ2) is 11.3. The van der Waals surface area contributed by atoms with E-state index in [-0.39, 0.29) is 10.1 Å². The fraction of sp³-hybridized carbons (Fsp3) is 0.364. The van der Waals surface area contributed by atoms with Gasteiger partial charge in [0.1, 0.15) is 0 Å². The molecule has 2 aliphatic carbocycles. The van der Waals surface area contributed by atoms with E-state index in [0.717, 1.165) is 0 Å². The van der Waals surface area contributed by atoms with Crippen LogP contribution in [0.4, 0.5) is 0 Å². The molecule has 2 unspecified atom stereocenters. The van der Waals surface area contributed by atoms with Gasteiger partial charge in [0.25, 0.3) is 0 Å². The Morgan fingerprint density at radius 1 is 0.500 bits per heavy atom. The molecule has 0 radical (unpaired) electrons. The Morgan fingerprint density at radius 3 is 1.15 bits per heavy atom. The number of fused-ring (bicyclic) bond motifs is 2. The first-order valence-corrected chi connectivity index (χ1v) is 35.5. The number of rotatable bonds is 4. The summed E-state index contributed by atoms with van der Waals surface area (Å²) in [5.74, 6) is 0. The predicted octanol–water partition coefficient (Wildman–Crippen LogP) is 13.5. The monoisotopic (exact) mass is 790 g/mol. The first-order chi connectivity index (χ1) is 21.5. The summed E-state index contributed by atoms with van der Waals surface area (Å²) in [5.41, 5.74) is 16.3. The average molecular weight is 789 g/mol. The van der Waals surface area contributed by atoms with Crippen molar-refractivity contribution in [3.8, 4) is 22.3 Å². The molecule has 0 saturated heterocycles. The Bertz CT molecular complexity index is 1830. The summed E-state index contributed by atoms with van der Waals surface area (Å²) in [6.07, 6.45) is 10.4. The quantitative estimate of drug-likeness (QED) is 0.181. The molecule has 0 aromatic heterocycles. The van der Waals surface area contributed by atoms with E-state index in [0.29, 0.717) is 7.35 Å². The molecule has 2 atom stereocenters. The van der Waals surface area contributed by atoms with Crippen molar-refractivity contribution in [2.75, 3.05) is 0 Å². The van der Waals surface area contributed by atoms with Gasteiger partial charge in [-0.25, -0.2) is 0 Å². The molecule has 0 aliphatic heterocycles. The van der Waals surface area contributed by atoms with Crippen molar-refractivity contribution < 1.29 is 17.1 Å². The van der Waals surface area contributed by atoms with Crippen molar-refractivity contribution in [3.63, 3.8) is 0 Å². The summed E-state index contributed by atoms with van der Waals surface area (Å²) in [5, 5.41) is 0.507. The van der Waals surface area contributed by atoms with Crippen LogP contribution in [-0.4, -0.2) is 5.49 Å². The van der Waals surface area contributed by atoms with Crippen LogP contribution in [0.1, 0.15) is 93.4 Å². The number of benzene rings is 4. The third-order valence-electron chi connectivity index (χ3n) is 11.6. The summed E-state index contributed by atoms with van der Waals surface area (Å²) >= 11 is -4.18. The SMILES string of the molecule is Cc1cccc(C)c1-c1cccc2c1C=C[CH]2[Hf]([CH3])([CH3])([CH]1C=Cc2c(-c3c(C)cccc3C)cccc21)=[Si](C(C)(C)C)C(C)(C)C. The van der Waals surface area contributed by atoms with Crippen molar-refractivity contribution in [1.29, 1.82) is 0 Å². The molecule has 0 amide bonds. The molecule has 0 heterocycles. The van der Waals surface area contributed by atoms with E-state index in [1.54, 1.807) is 11.1 Å². The topological polar surface area (TPSA) is 0 Å². The number of allylic oxidation sites excluding steroid dienone is 2. The van der Waals surface area contributed by atoms with Gasteiger partial charge in [0.2, 0.25) is 0 Å². The Balaban J connectivity index is 1.68. The third kappa shape index (κ3) is 5.09. The molecule has 0 saturated carbocycles. The fourth-order valence-electron chi connectivity index (χ4n) is 11.1. The number of aryl methyl sites for hydroxylation is 4. The van der Waals surface area contributed by atoms with Crippen LogP contribution in [0.3, 0.4) is 0 Å². The van der Waals surface area contributed by atoms with Gasteiger partial charge in [-0.2, -0.15) is 0 Å². The van der Waals surface area contributed by atoms with Gasteiger partial charge in [0, 0.05) is 0 Å². The molecular weight excluding hydrogens is 735 g/mol. The molecule has 0 spiro atoms. The molecule has 0 nitrogen and oxygen atoms in total. The Labute approximate surface area is 280 Å². The van der Waals surface area contributed by atoms with E-state index in [1.165, 1.54) is 55.6 Å². The van der Waals surface area contributed by atoms with Crippen LogP contribution in [0.5, 0.6) is 0 Å². The van der Waals surface area contributed by atoms with Gasteiger partial charge in [-0.3, -0.25) is 0 Å². The third-order valence-corrected chi connectivity index (χ3v) is 71.8. The van der Waals surface area contributed by atoms with Gasteiger partial charge in [0.05, 0.1) is 0 Å². The minimum absolute atomic E-state index is 0.254. The summed E-state index contributed by atoms with van der Waals surface area (Å²) in [6.45, 7) is 24.6. The predicted molar refractivity (Wildman–Crippen MR) is 203 cm³/mol. The molecule has 2 heteroatoms. The molecule has 238 valence electrons. The van der Waals surface area contributed by atoms with Crippen LogP contribution >= 0.6 is 0 Å². The van der Waals surface area contributed by atoms with E-state index in [9.17, 15) is 0 Å². The molecule has 0 bridgehead atoms. The van der Waals surface area contributed by atoms with Gasteiger partial charge >= 0.3 is 283 Å². The fourth-order valence-corrected chi connectivity index (χ4v) is 95.6. The van der Waals surface area contributed by atoms with Gasteiger partial charge in [-0.05, 0) is 0 Å². The van der Waals surface area contributed by atoms with E-state index in [2.05, 4.69) is 176 Å². The first-order valence-electron chi connectivity index (χ1n) is 17.3. The van der Waals surface area contributed by atoms with E-state index in [4.69, 9.17) is 0 Å². The zero-order chi connectivity index (χ0) is 33.4.